The third-order valence-electron chi connectivity index (χ3n) is 2.96. The van der Waals surface area contributed by atoms with E-state index in [0.717, 1.165) is 11.1 Å². The molecule has 0 radical (unpaired) electrons. The Bertz CT molecular complexity index is 437. The summed E-state index contributed by atoms with van der Waals surface area (Å²) in [6.07, 6.45) is -0.603. The van der Waals surface area contributed by atoms with Crippen LogP contribution in [-0.4, -0.2) is 30.1 Å². The first kappa shape index (κ1) is 16.0. The molecule has 0 fully saturated rings. The van der Waals surface area contributed by atoms with E-state index in [0.29, 0.717) is 18.1 Å². The van der Waals surface area contributed by atoms with Gasteiger partial charge in [-0.05, 0) is 31.0 Å². The maximum atomic E-state index is 10.7. The van der Waals surface area contributed by atoms with Gasteiger partial charge in [0.05, 0.1) is 6.10 Å². The predicted molar refractivity (Wildman–Crippen MR) is 77.3 cm³/mol. The third kappa shape index (κ3) is 5.19. The van der Waals surface area contributed by atoms with Gasteiger partial charge in [-0.2, -0.15) is 0 Å². The molecule has 0 spiro atoms. The van der Waals surface area contributed by atoms with Crippen LogP contribution >= 0.6 is 11.6 Å². The van der Waals surface area contributed by atoms with Gasteiger partial charge >= 0.3 is 0 Å². The number of aliphatic hydroxyl groups is 1. The fourth-order valence-electron chi connectivity index (χ4n) is 1.79. The highest BCUT2D eigenvalue weighted by Gasteiger charge is 2.16. The minimum absolute atomic E-state index is 0.0525. The molecule has 2 atom stereocenters. The van der Waals surface area contributed by atoms with Crippen LogP contribution in [0.5, 0.6) is 0 Å². The molecular formula is C14H21ClN2O2. The van der Waals surface area contributed by atoms with Crippen molar-refractivity contribution in [3.05, 3.63) is 34.3 Å². The van der Waals surface area contributed by atoms with E-state index in [1.807, 2.05) is 26.0 Å². The molecule has 0 saturated carbocycles. The van der Waals surface area contributed by atoms with Crippen molar-refractivity contribution >= 4 is 17.5 Å². The largest absolute Gasteiger partial charge is 0.387 e. The Morgan fingerprint density at radius 3 is 2.68 bits per heavy atom. The van der Waals surface area contributed by atoms with Crippen LogP contribution in [0.15, 0.2) is 18.2 Å². The van der Waals surface area contributed by atoms with Crippen LogP contribution in [0.1, 0.15) is 31.1 Å². The van der Waals surface area contributed by atoms with Crippen LogP contribution in [-0.2, 0) is 4.79 Å². The first-order valence-corrected chi connectivity index (χ1v) is 6.71. The second-order valence-corrected chi connectivity index (χ2v) is 5.09. The number of aryl methyl sites for hydroxylation is 1. The van der Waals surface area contributed by atoms with Crippen molar-refractivity contribution in [2.24, 2.45) is 0 Å². The SMILES string of the molecule is CC(=O)NCCNC(C)C(O)c1ccc(Cl)c(C)c1. The summed E-state index contributed by atoms with van der Waals surface area (Å²) in [6.45, 7) is 6.46. The van der Waals surface area contributed by atoms with Gasteiger partial charge in [0.15, 0.2) is 0 Å². The molecule has 4 nitrogen and oxygen atoms in total. The molecule has 1 aromatic rings. The standard InChI is InChI=1S/C14H21ClN2O2/c1-9-8-12(4-5-13(9)15)14(19)10(2)16-6-7-17-11(3)18/h4-5,8,10,14,16,19H,6-7H2,1-3H3,(H,17,18). The Morgan fingerprint density at radius 1 is 1.42 bits per heavy atom. The molecular weight excluding hydrogens is 264 g/mol. The van der Waals surface area contributed by atoms with E-state index >= 15 is 0 Å². The zero-order chi connectivity index (χ0) is 14.4. The summed E-state index contributed by atoms with van der Waals surface area (Å²) in [4.78, 5) is 10.7. The Labute approximate surface area is 119 Å². The fourth-order valence-corrected chi connectivity index (χ4v) is 1.91. The summed E-state index contributed by atoms with van der Waals surface area (Å²) in [6, 6.07) is 5.40. The van der Waals surface area contributed by atoms with E-state index in [-0.39, 0.29) is 11.9 Å². The van der Waals surface area contributed by atoms with E-state index in [1.54, 1.807) is 6.07 Å². The maximum Gasteiger partial charge on any atom is 0.216 e. The average Bonchev–Trinajstić information content (AvgIpc) is 2.36. The number of amides is 1. The molecule has 0 bridgehead atoms. The highest BCUT2D eigenvalue weighted by atomic mass is 35.5. The zero-order valence-electron chi connectivity index (χ0n) is 11.5. The maximum absolute atomic E-state index is 10.7. The molecule has 1 rings (SSSR count). The van der Waals surface area contributed by atoms with Crippen LogP contribution < -0.4 is 10.6 Å². The van der Waals surface area contributed by atoms with Crippen LogP contribution in [0.25, 0.3) is 0 Å². The molecule has 0 saturated heterocycles. The first-order chi connectivity index (χ1) is 8.91. The topological polar surface area (TPSA) is 61.4 Å². The number of halogens is 1. The van der Waals surface area contributed by atoms with Crippen molar-refractivity contribution < 1.29 is 9.90 Å². The van der Waals surface area contributed by atoms with Gasteiger partial charge in [0.25, 0.3) is 0 Å². The number of rotatable bonds is 6. The van der Waals surface area contributed by atoms with Crippen molar-refractivity contribution in [1.29, 1.82) is 0 Å². The van der Waals surface area contributed by atoms with E-state index in [4.69, 9.17) is 11.6 Å². The lowest BCUT2D eigenvalue weighted by atomic mass is 10.0. The van der Waals surface area contributed by atoms with E-state index in [1.165, 1.54) is 6.92 Å². The molecule has 3 N–H and O–H groups in total. The molecule has 0 heterocycles. The minimum Gasteiger partial charge on any atom is -0.387 e. The lowest BCUT2D eigenvalue weighted by Gasteiger charge is -2.21. The van der Waals surface area contributed by atoms with Gasteiger partial charge in [-0.15, -0.1) is 0 Å². The lowest BCUT2D eigenvalue weighted by molar-refractivity contribution is -0.118. The average molecular weight is 285 g/mol. The van der Waals surface area contributed by atoms with E-state index in [9.17, 15) is 9.90 Å². The molecule has 106 valence electrons. The highest BCUT2D eigenvalue weighted by molar-refractivity contribution is 6.31. The summed E-state index contributed by atoms with van der Waals surface area (Å²) >= 11 is 5.96. The summed E-state index contributed by atoms with van der Waals surface area (Å²) in [5.74, 6) is -0.0525. The van der Waals surface area contributed by atoms with E-state index in [2.05, 4.69) is 10.6 Å². The monoisotopic (exact) mass is 284 g/mol. The van der Waals surface area contributed by atoms with Gasteiger partial charge in [-0.25, -0.2) is 0 Å². The summed E-state index contributed by atoms with van der Waals surface area (Å²) in [5, 5.41) is 16.8. The van der Waals surface area contributed by atoms with Gasteiger partial charge in [0, 0.05) is 31.1 Å². The molecule has 0 aliphatic heterocycles. The second kappa shape index (κ2) is 7.48. The van der Waals surface area contributed by atoms with Crippen molar-refractivity contribution in [3.63, 3.8) is 0 Å². The van der Waals surface area contributed by atoms with Gasteiger partial charge in [-0.3, -0.25) is 4.79 Å². The lowest BCUT2D eigenvalue weighted by Crippen LogP contribution is -2.38. The number of benzene rings is 1. The second-order valence-electron chi connectivity index (χ2n) is 4.68. The normalized spacial score (nSPS) is 13.9. The summed E-state index contributed by atoms with van der Waals surface area (Å²) < 4.78 is 0. The van der Waals surface area contributed by atoms with Crippen LogP contribution in [0, 0.1) is 6.92 Å². The van der Waals surface area contributed by atoms with Crippen molar-refractivity contribution in [2.75, 3.05) is 13.1 Å². The molecule has 2 unspecified atom stereocenters. The van der Waals surface area contributed by atoms with Gasteiger partial charge in [0.2, 0.25) is 5.91 Å². The number of nitrogens with one attached hydrogen (secondary N) is 2. The number of hydrogen-bond acceptors (Lipinski definition) is 3. The first-order valence-electron chi connectivity index (χ1n) is 6.33. The minimum atomic E-state index is -0.603. The quantitative estimate of drug-likeness (QED) is 0.698. The zero-order valence-corrected chi connectivity index (χ0v) is 12.3. The molecule has 19 heavy (non-hydrogen) atoms. The van der Waals surface area contributed by atoms with Gasteiger partial charge in [-0.1, -0.05) is 23.7 Å². The Morgan fingerprint density at radius 2 is 2.11 bits per heavy atom. The molecule has 0 aliphatic carbocycles. The Hall–Kier alpha value is -1.10. The van der Waals surface area contributed by atoms with Crippen LogP contribution in [0.2, 0.25) is 5.02 Å². The summed E-state index contributed by atoms with van der Waals surface area (Å²) in [5.41, 5.74) is 1.78. The fraction of sp³-hybridized carbons (Fsp3) is 0.500. The van der Waals surface area contributed by atoms with Crippen molar-refractivity contribution in [1.82, 2.24) is 10.6 Å². The third-order valence-corrected chi connectivity index (χ3v) is 3.39. The van der Waals surface area contributed by atoms with Crippen molar-refractivity contribution in [2.45, 2.75) is 32.9 Å². The molecule has 1 aromatic carbocycles. The molecule has 5 heteroatoms. The molecule has 1 amide bonds. The van der Waals surface area contributed by atoms with Crippen LogP contribution in [0.3, 0.4) is 0 Å². The Balaban J connectivity index is 2.49. The number of hydrogen-bond donors (Lipinski definition) is 3. The molecule has 0 aliphatic rings. The van der Waals surface area contributed by atoms with E-state index < -0.39 is 6.10 Å². The predicted octanol–water partition coefficient (Wildman–Crippen LogP) is 1.80. The van der Waals surface area contributed by atoms with Crippen LogP contribution in [0.4, 0.5) is 0 Å². The molecule has 0 aromatic heterocycles. The number of carbonyl (C=O) groups excluding carboxylic acids is 1. The highest BCUT2D eigenvalue weighted by Crippen LogP contribution is 2.22. The Kier molecular flexibility index (Phi) is 6.28. The van der Waals surface area contributed by atoms with Crippen molar-refractivity contribution in [3.8, 4) is 0 Å². The number of aliphatic hydroxyl groups excluding tert-OH is 1. The van der Waals surface area contributed by atoms with Gasteiger partial charge in [0.1, 0.15) is 0 Å². The van der Waals surface area contributed by atoms with Gasteiger partial charge < -0.3 is 15.7 Å². The smallest absolute Gasteiger partial charge is 0.216 e. The number of carbonyl (C=O) groups is 1. The summed E-state index contributed by atoms with van der Waals surface area (Å²) in [7, 11) is 0.